The molecule has 3 aromatic rings. The van der Waals surface area contributed by atoms with Crippen LogP contribution in [0.5, 0.6) is 0 Å². The summed E-state index contributed by atoms with van der Waals surface area (Å²) in [6, 6.07) is 10.3. The van der Waals surface area contributed by atoms with Crippen LogP contribution in [0, 0.1) is 6.92 Å². The van der Waals surface area contributed by atoms with Gasteiger partial charge in [-0.2, -0.15) is 0 Å². The van der Waals surface area contributed by atoms with Crippen molar-refractivity contribution in [2.45, 2.75) is 6.92 Å². The summed E-state index contributed by atoms with van der Waals surface area (Å²) < 4.78 is 0. The van der Waals surface area contributed by atoms with Crippen LogP contribution in [0.1, 0.15) is 16.1 Å². The smallest absolute Gasteiger partial charge is 0.274 e. The summed E-state index contributed by atoms with van der Waals surface area (Å²) >= 11 is 0. The Morgan fingerprint density at radius 2 is 1.88 bits per heavy atom. The number of aromatic nitrogens is 3. The van der Waals surface area contributed by atoms with Gasteiger partial charge in [0.2, 0.25) is 0 Å². The van der Waals surface area contributed by atoms with E-state index in [1.807, 2.05) is 23.1 Å². The minimum atomic E-state index is -0.0593. The Hall–Kier alpha value is -3.02. The molecule has 1 saturated heterocycles. The van der Waals surface area contributed by atoms with E-state index in [1.54, 1.807) is 12.4 Å². The van der Waals surface area contributed by atoms with Crippen molar-refractivity contribution in [1.29, 1.82) is 0 Å². The van der Waals surface area contributed by atoms with Crippen LogP contribution in [0.3, 0.4) is 0 Å². The summed E-state index contributed by atoms with van der Waals surface area (Å²) in [5.74, 6) is 0.946. The number of piperazine rings is 1. The van der Waals surface area contributed by atoms with Crippen LogP contribution >= 0.6 is 0 Å². The van der Waals surface area contributed by atoms with E-state index in [0.717, 1.165) is 35.4 Å². The number of rotatable bonds is 2. The summed E-state index contributed by atoms with van der Waals surface area (Å²) in [5, 5.41) is 1.15. The van der Waals surface area contributed by atoms with Gasteiger partial charge in [0.15, 0.2) is 0 Å². The van der Waals surface area contributed by atoms with Crippen molar-refractivity contribution < 1.29 is 4.79 Å². The Bertz CT molecular complexity index is 904. The molecule has 0 saturated carbocycles. The number of carbonyl (C=O) groups is 1. The van der Waals surface area contributed by atoms with Crippen LogP contribution in [0.25, 0.3) is 10.9 Å². The highest BCUT2D eigenvalue weighted by Gasteiger charge is 2.24. The molecule has 6 nitrogen and oxygen atoms in total. The molecule has 1 aliphatic rings. The molecular weight excluding hydrogens is 314 g/mol. The molecule has 0 spiro atoms. The van der Waals surface area contributed by atoms with Gasteiger partial charge >= 0.3 is 0 Å². The van der Waals surface area contributed by atoms with Crippen LogP contribution in [0.15, 0.2) is 48.9 Å². The first kappa shape index (κ1) is 15.5. The second kappa shape index (κ2) is 6.47. The fraction of sp³-hybridized carbons (Fsp3) is 0.263. The normalized spacial score (nSPS) is 14.8. The van der Waals surface area contributed by atoms with Gasteiger partial charge in [0.1, 0.15) is 11.5 Å². The summed E-state index contributed by atoms with van der Waals surface area (Å²) in [6.07, 6.45) is 4.64. The first-order chi connectivity index (χ1) is 12.2. The van der Waals surface area contributed by atoms with E-state index >= 15 is 0 Å². The predicted octanol–water partition coefficient (Wildman–Crippen LogP) is 2.30. The zero-order valence-corrected chi connectivity index (χ0v) is 14.1. The number of fused-ring (bicyclic) bond motifs is 1. The van der Waals surface area contributed by atoms with E-state index in [0.29, 0.717) is 18.8 Å². The maximum atomic E-state index is 12.5. The average Bonchev–Trinajstić information content (AvgIpc) is 2.68. The molecule has 25 heavy (non-hydrogen) atoms. The van der Waals surface area contributed by atoms with Gasteiger partial charge in [-0.1, -0.05) is 18.2 Å². The van der Waals surface area contributed by atoms with Crippen LogP contribution in [-0.4, -0.2) is 51.9 Å². The zero-order chi connectivity index (χ0) is 17.2. The second-order valence-electron chi connectivity index (χ2n) is 6.19. The Kier molecular flexibility index (Phi) is 4.01. The minimum absolute atomic E-state index is 0.0593. The summed E-state index contributed by atoms with van der Waals surface area (Å²) in [4.78, 5) is 29.5. The highest BCUT2D eigenvalue weighted by atomic mass is 16.2. The number of benzene rings is 1. The fourth-order valence-electron chi connectivity index (χ4n) is 3.22. The van der Waals surface area contributed by atoms with Crippen molar-refractivity contribution in [3.05, 3.63) is 60.2 Å². The Morgan fingerprint density at radius 1 is 1.08 bits per heavy atom. The van der Waals surface area contributed by atoms with E-state index in [4.69, 9.17) is 4.98 Å². The first-order valence-corrected chi connectivity index (χ1v) is 8.39. The molecule has 1 amide bonds. The van der Waals surface area contributed by atoms with E-state index in [-0.39, 0.29) is 5.91 Å². The maximum absolute atomic E-state index is 12.5. The number of carbonyl (C=O) groups excluding carboxylic acids is 1. The zero-order valence-electron chi connectivity index (χ0n) is 14.1. The van der Waals surface area contributed by atoms with Gasteiger partial charge in [-0.25, -0.2) is 9.97 Å². The molecule has 3 heterocycles. The van der Waals surface area contributed by atoms with E-state index in [1.165, 1.54) is 6.20 Å². The Balaban J connectivity index is 1.50. The van der Waals surface area contributed by atoms with E-state index in [9.17, 15) is 4.79 Å². The van der Waals surface area contributed by atoms with Gasteiger partial charge in [0, 0.05) is 44.0 Å². The maximum Gasteiger partial charge on any atom is 0.274 e. The fourth-order valence-corrected chi connectivity index (χ4v) is 3.22. The first-order valence-electron chi connectivity index (χ1n) is 8.39. The van der Waals surface area contributed by atoms with Gasteiger partial charge in [0.05, 0.1) is 11.7 Å². The third-order valence-electron chi connectivity index (χ3n) is 4.54. The lowest BCUT2D eigenvalue weighted by Crippen LogP contribution is -2.49. The molecular formula is C19H19N5O. The van der Waals surface area contributed by atoms with Gasteiger partial charge < -0.3 is 9.80 Å². The summed E-state index contributed by atoms with van der Waals surface area (Å²) in [5.41, 5.74) is 2.56. The molecule has 0 atom stereocenters. The monoisotopic (exact) mass is 333 g/mol. The number of para-hydroxylation sites is 1. The molecule has 0 bridgehead atoms. The lowest BCUT2D eigenvalue weighted by molar-refractivity contribution is 0.0740. The van der Waals surface area contributed by atoms with Crippen molar-refractivity contribution in [3.63, 3.8) is 0 Å². The largest absolute Gasteiger partial charge is 0.353 e. The number of hydrogen-bond acceptors (Lipinski definition) is 5. The van der Waals surface area contributed by atoms with Crippen LogP contribution < -0.4 is 4.90 Å². The molecule has 0 radical (unpaired) electrons. The minimum Gasteiger partial charge on any atom is -0.353 e. The summed E-state index contributed by atoms with van der Waals surface area (Å²) in [7, 11) is 0. The Labute approximate surface area is 146 Å². The van der Waals surface area contributed by atoms with Gasteiger partial charge in [-0.05, 0) is 24.6 Å². The number of aryl methyl sites for hydroxylation is 1. The van der Waals surface area contributed by atoms with Crippen LogP contribution in [0.2, 0.25) is 0 Å². The molecule has 6 heteroatoms. The molecule has 4 rings (SSSR count). The van der Waals surface area contributed by atoms with Gasteiger partial charge in [-0.15, -0.1) is 0 Å². The second-order valence-corrected chi connectivity index (χ2v) is 6.19. The SMILES string of the molecule is Cc1cc2ccccc2nc1N1CCN(C(=O)c2cnccn2)CC1. The molecule has 0 aliphatic carbocycles. The van der Waals surface area contributed by atoms with E-state index in [2.05, 4.69) is 33.9 Å². The van der Waals surface area contributed by atoms with Gasteiger partial charge in [-0.3, -0.25) is 9.78 Å². The number of hydrogen-bond donors (Lipinski definition) is 0. The van der Waals surface area contributed by atoms with Crippen molar-refractivity contribution in [1.82, 2.24) is 19.9 Å². The topological polar surface area (TPSA) is 62.2 Å². The average molecular weight is 333 g/mol. The number of anilines is 1. The molecule has 0 unspecified atom stereocenters. The number of nitrogens with zero attached hydrogens (tertiary/aromatic N) is 5. The molecule has 0 N–H and O–H groups in total. The Morgan fingerprint density at radius 3 is 2.64 bits per heavy atom. The lowest BCUT2D eigenvalue weighted by Gasteiger charge is -2.36. The van der Waals surface area contributed by atoms with Gasteiger partial charge in [0.25, 0.3) is 5.91 Å². The lowest BCUT2D eigenvalue weighted by atomic mass is 10.1. The molecule has 1 aromatic carbocycles. The highest BCUT2D eigenvalue weighted by molar-refractivity contribution is 5.92. The quantitative estimate of drug-likeness (QED) is 0.720. The van der Waals surface area contributed by atoms with E-state index < -0.39 is 0 Å². The molecule has 1 fully saturated rings. The van der Waals surface area contributed by atoms with Crippen LogP contribution in [0.4, 0.5) is 5.82 Å². The molecule has 1 aliphatic heterocycles. The van der Waals surface area contributed by atoms with Crippen molar-refractivity contribution >= 4 is 22.6 Å². The molecule has 126 valence electrons. The van der Waals surface area contributed by atoms with Crippen molar-refractivity contribution in [2.75, 3.05) is 31.1 Å². The third kappa shape index (κ3) is 3.03. The number of amides is 1. The highest BCUT2D eigenvalue weighted by Crippen LogP contribution is 2.24. The number of pyridine rings is 1. The van der Waals surface area contributed by atoms with Crippen molar-refractivity contribution in [2.24, 2.45) is 0 Å². The third-order valence-corrected chi connectivity index (χ3v) is 4.54. The summed E-state index contributed by atoms with van der Waals surface area (Å²) in [6.45, 7) is 4.93. The molecule has 2 aromatic heterocycles. The van der Waals surface area contributed by atoms with Crippen LogP contribution in [-0.2, 0) is 0 Å². The predicted molar refractivity (Wildman–Crippen MR) is 96.6 cm³/mol. The van der Waals surface area contributed by atoms with Crippen molar-refractivity contribution in [3.8, 4) is 0 Å². The standard InChI is InChI=1S/C19H19N5O/c1-14-12-15-4-2-3-5-16(15)22-18(14)23-8-10-24(11-9-23)19(25)17-13-20-6-7-21-17/h2-7,12-13H,8-11H2,1H3.